The average molecular weight is 244 g/mol. The molecule has 0 amide bonds. The van der Waals surface area contributed by atoms with Crippen LogP contribution in [-0.2, 0) is 11.3 Å². The summed E-state index contributed by atoms with van der Waals surface area (Å²) in [5.74, 6) is 0.285. The minimum atomic E-state index is 0.285. The van der Waals surface area contributed by atoms with Gasteiger partial charge in [-0.1, -0.05) is 11.6 Å². The lowest BCUT2D eigenvalue weighted by Gasteiger charge is -2.29. The van der Waals surface area contributed by atoms with Crippen LogP contribution in [0.25, 0.3) is 0 Å². The second-order valence-electron chi connectivity index (χ2n) is 4.01. The Balaban J connectivity index is 1.84. The largest absolute Gasteiger partial charge is 0.303 e. The summed E-state index contributed by atoms with van der Waals surface area (Å²) in [6.07, 6.45) is 3.10. The summed E-state index contributed by atoms with van der Waals surface area (Å²) in [5, 5.41) is 2.11. The van der Waals surface area contributed by atoms with E-state index in [4.69, 9.17) is 11.6 Å². The second kappa shape index (κ2) is 5.10. The van der Waals surface area contributed by atoms with E-state index in [1.807, 2.05) is 6.07 Å². The van der Waals surface area contributed by atoms with Crippen LogP contribution in [0.4, 0.5) is 0 Å². The lowest BCUT2D eigenvalue weighted by molar-refractivity contribution is -0.112. The van der Waals surface area contributed by atoms with Gasteiger partial charge >= 0.3 is 0 Å². The van der Waals surface area contributed by atoms with Crippen LogP contribution < -0.4 is 0 Å². The number of carbonyl (C=O) groups excluding carboxylic acids is 1. The predicted molar refractivity (Wildman–Crippen MR) is 63.4 cm³/mol. The Morgan fingerprint density at radius 2 is 2.27 bits per heavy atom. The van der Waals surface area contributed by atoms with Crippen molar-refractivity contribution in [3.8, 4) is 0 Å². The molecule has 0 N–H and O–H groups in total. The molecule has 0 aliphatic carbocycles. The number of hydrogen-bond donors (Lipinski definition) is 0. The Morgan fingerprint density at radius 3 is 2.80 bits per heavy atom. The molecule has 0 bridgehead atoms. The Kier molecular flexibility index (Phi) is 3.78. The molecule has 15 heavy (non-hydrogen) atoms. The fraction of sp³-hybridized carbons (Fsp3) is 0.545. The molecular formula is C11H14ClNOS. The summed E-state index contributed by atoms with van der Waals surface area (Å²) in [6, 6.07) is 2.03. The van der Waals surface area contributed by atoms with Gasteiger partial charge in [0.05, 0.1) is 4.34 Å². The quantitative estimate of drug-likeness (QED) is 0.761. The van der Waals surface area contributed by atoms with E-state index >= 15 is 0 Å². The van der Waals surface area contributed by atoms with E-state index in [1.165, 1.54) is 5.56 Å². The van der Waals surface area contributed by atoms with Crippen molar-refractivity contribution >= 4 is 29.2 Å². The van der Waals surface area contributed by atoms with E-state index in [0.29, 0.717) is 0 Å². The molecule has 2 rings (SSSR count). The van der Waals surface area contributed by atoms with E-state index in [1.54, 1.807) is 11.3 Å². The van der Waals surface area contributed by atoms with Crippen LogP contribution in [0.5, 0.6) is 0 Å². The van der Waals surface area contributed by atoms with Gasteiger partial charge < -0.3 is 4.79 Å². The molecule has 0 aromatic carbocycles. The van der Waals surface area contributed by atoms with Crippen molar-refractivity contribution in [1.82, 2.24) is 4.90 Å². The number of rotatable bonds is 3. The van der Waals surface area contributed by atoms with Gasteiger partial charge in [0.15, 0.2) is 0 Å². The van der Waals surface area contributed by atoms with Gasteiger partial charge in [-0.2, -0.15) is 0 Å². The number of hydrogen-bond acceptors (Lipinski definition) is 3. The predicted octanol–water partition coefficient (Wildman–Crippen LogP) is 2.81. The van der Waals surface area contributed by atoms with Crippen molar-refractivity contribution in [3.63, 3.8) is 0 Å². The molecule has 1 saturated heterocycles. The van der Waals surface area contributed by atoms with Crippen molar-refractivity contribution in [2.45, 2.75) is 19.4 Å². The van der Waals surface area contributed by atoms with Gasteiger partial charge in [0.1, 0.15) is 6.29 Å². The third-order valence-corrected chi connectivity index (χ3v) is 3.99. The van der Waals surface area contributed by atoms with Crippen molar-refractivity contribution < 1.29 is 4.79 Å². The standard InChI is InChI=1S/C11H14ClNOS/c12-11-5-10(8-15-11)6-13-3-1-9(7-14)2-4-13/h5,7-9H,1-4,6H2. The molecule has 1 aliphatic rings. The minimum absolute atomic E-state index is 0.285. The van der Waals surface area contributed by atoms with E-state index in [-0.39, 0.29) is 5.92 Å². The normalized spacial score (nSPS) is 19.3. The lowest BCUT2D eigenvalue weighted by Crippen LogP contribution is -2.33. The smallest absolute Gasteiger partial charge is 0.123 e. The number of thiophene rings is 1. The van der Waals surface area contributed by atoms with Crippen molar-refractivity contribution in [2.24, 2.45) is 5.92 Å². The molecule has 2 heterocycles. The molecule has 0 radical (unpaired) electrons. The first-order valence-corrected chi connectivity index (χ1v) is 6.44. The van der Waals surface area contributed by atoms with Crippen LogP contribution in [-0.4, -0.2) is 24.3 Å². The van der Waals surface area contributed by atoms with E-state index in [0.717, 1.165) is 43.1 Å². The minimum Gasteiger partial charge on any atom is -0.303 e. The molecule has 1 aliphatic heterocycles. The molecule has 0 saturated carbocycles. The van der Waals surface area contributed by atoms with Gasteiger partial charge in [0.2, 0.25) is 0 Å². The zero-order chi connectivity index (χ0) is 10.7. The molecule has 2 nitrogen and oxygen atoms in total. The highest BCUT2D eigenvalue weighted by Crippen LogP contribution is 2.23. The summed E-state index contributed by atoms with van der Waals surface area (Å²) >= 11 is 7.46. The SMILES string of the molecule is O=CC1CCN(Cc2csc(Cl)c2)CC1. The van der Waals surface area contributed by atoms with Crippen LogP contribution in [0.3, 0.4) is 0 Å². The Morgan fingerprint density at radius 1 is 1.53 bits per heavy atom. The number of nitrogens with zero attached hydrogens (tertiary/aromatic N) is 1. The van der Waals surface area contributed by atoms with Crippen LogP contribution >= 0.6 is 22.9 Å². The van der Waals surface area contributed by atoms with Gasteiger partial charge in [-0.25, -0.2) is 0 Å². The lowest BCUT2D eigenvalue weighted by atomic mass is 9.98. The van der Waals surface area contributed by atoms with Gasteiger partial charge in [0, 0.05) is 12.5 Å². The monoisotopic (exact) mass is 243 g/mol. The van der Waals surface area contributed by atoms with Gasteiger partial charge in [-0.15, -0.1) is 11.3 Å². The first-order chi connectivity index (χ1) is 7.28. The Labute approximate surface area is 98.8 Å². The van der Waals surface area contributed by atoms with Crippen LogP contribution in [0.2, 0.25) is 4.34 Å². The molecule has 82 valence electrons. The maximum atomic E-state index is 10.6. The molecule has 0 unspecified atom stereocenters. The van der Waals surface area contributed by atoms with Gasteiger partial charge in [0.25, 0.3) is 0 Å². The first kappa shape index (κ1) is 11.1. The Hall–Kier alpha value is -0.380. The molecule has 4 heteroatoms. The fourth-order valence-electron chi connectivity index (χ4n) is 1.93. The number of likely N-dealkylation sites (tertiary alicyclic amines) is 1. The number of aldehydes is 1. The van der Waals surface area contributed by atoms with Gasteiger partial charge in [-0.3, -0.25) is 4.90 Å². The molecule has 0 atom stereocenters. The highest BCUT2D eigenvalue weighted by atomic mass is 35.5. The summed E-state index contributed by atoms with van der Waals surface area (Å²) in [6.45, 7) is 3.02. The second-order valence-corrected chi connectivity index (χ2v) is 5.55. The summed E-state index contributed by atoms with van der Waals surface area (Å²) in [7, 11) is 0. The summed E-state index contributed by atoms with van der Waals surface area (Å²) in [5.41, 5.74) is 1.29. The fourth-order valence-corrected chi connectivity index (χ4v) is 2.83. The topological polar surface area (TPSA) is 20.3 Å². The summed E-state index contributed by atoms with van der Waals surface area (Å²) in [4.78, 5) is 13.0. The number of piperidine rings is 1. The van der Waals surface area contributed by atoms with Crippen LogP contribution in [0.1, 0.15) is 18.4 Å². The van der Waals surface area contributed by atoms with Gasteiger partial charge in [-0.05, 0) is 42.9 Å². The van der Waals surface area contributed by atoms with Crippen LogP contribution in [0.15, 0.2) is 11.4 Å². The van der Waals surface area contributed by atoms with Crippen molar-refractivity contribution in [1.29, 1.82) is 0 Å². The zero-order valence-electron chi connectivity index (χ0n) is 8.49. The first-order valence-electron chi connectivity index (χ1n) is 5.18. The van der Waals surface area contributed by atoms with E-state index < -0.39 is 0 Å². The average Bonchev–Trinajstić information content (AvgIpc) is 2.65. The van der Waals surface area contributed by atoms with E-state index in [9.17, 15) is 4.79 Å². The number of carbonyl (C=O) groups is 1. The Bertz CT molecular complexity index is 331. The third-order valence-electron chi connectivity index (χ3n) is 2.85. The maximum absolute atomic E-state index is 10.6. The molecule has 1 aromatic rings. The molecule has 0 spiro atoms. The molecule has 1 aromatic heterocycles. The van der Waals surface area contributed by atoms with Crippen molar-refractivity contribution in [3.05, 3.63) is 21.3 Å². The number of halogens is 1. The highest BCUT2D eigenvalue weighted by Gasteiger charge is 2.18. The van der Waals surface area contributed by atoms with Crippen molar-refractivity contribution in [2.75, 3.05) is 13.1 Å². The maximum Gasteiger partial charge on any atom is 0.123 e. The highest BCUT2D eigenvalue weighted by molar-refractivity contribution is 7.14. The van der Waals surface area contributed by atoms with E-state index in [2.05, 4.69) is 10.3 Å². The molecule has 1 fully saturated rings. The third kappa shape index (κ3) is 3.03. The molecular weight excluding hydrogens is 230 g/mol. The summed E-state index contributed by atoms with van der Waals surface area (Å²) < 4.78 is 0.854. The zero-order valence-corrected chi connectivity index (χ0v) is 10.1. The van der Waals surface area contributed by atoms with Crippen LogP contribution in [0, 0.1) is 5.92 Å².